The van der Waals surface area contributed by atoms with E-state index < -0.39 is 11.8 Å². The van der Waals surface area contributed by atoms with Crippen molar-refractivity contribution in [1.82, 2.24) is 9.88 Å². The van der Waals surface area contributed by atoms with E-state index in [2.05, 4.69) is 16.4 Å². The average molecular weight is 638 g/mol. The number of benzene rings is 3. The molecule has 0 spiro atoms. The molecule has 0 unspecified atom stereocenters. The third-order valence-electron chi connectivity index (χ3n) is 6.90. The predicted molar refractivity (Wildman–Crippen MR) is 170 cm³/mol. The topological polar surface area (TPSA) is 105 Å². The van der Waals surface area contributed by atoms with Crippen LogP contribution in [0.2, 0.25) is 5.02 Å². The molecular weight excluding hydrogens is 606 g/mol. The molecule has 4 aromatic rings. The number of nitriles is 1. The van der Waals surface area contributed by atoms with Gasteiger partial charge in [-0.25, -0.2) is 4.39 Å². The number of carbonyl (C=O) groups is 2. The fourth-order valence-electron chi connectivity index (χ4n) is 4.76. The van der Waals surface area contributed by atoms with Crippen LogP contribution in [0.1, 0.15) is 47.7 Å². The highest BCUT2D eigenvalue weighted by Crippen LogP contribution is 2.38. The van der Waals surface area contributed by atoms with E-state index in [0.717, 1.165) is 19.3 Å². The standard InChI is InChI=1S/C33H31Cl2FN4O4/c1-21(41)44-32-14-25-29(16-31(32)43-2)38-18-24(17-37)33(25)39-28-15-26(35)27(36)13-23(28)19-40(12-8-4-7-11-34)20-30(42)22-9-5-3-6-10-22/h3,5-6,9-10,13-16,18H,4,7-8,11-12,19-20H2,1-2H3,(H,38,39). The molecule has 0 saturated heterocycles. The van der Waals surface area contributed by atoms with E-state index >= 15 is 0 Å². The van der Waals surface area contributed by atoms with Gasteiger partial charge in [0.1, 0.15) is 11.9 Å². The van der Waals surface area contributed by atoms with Gasteiger partial charge < -0.3 is 14.8 Å². The summed E-state index contributed by atoms with van der Waals surface area (Å²) in [6.07, 6.45) is 3.92. The Labute approximate surface area is 265 Å². The molecule has 0 aliphatic carbocycles. The number of fused-ring (bicyclic) bond motifs is 1. The number of nitrogens with one attached hydrogen (secondary N) is 1. The minimum absolute atomic E-state index is 0.0641. The molecule has 0 radical (unpaired) electrons. The van der Waals surface area contributed by atoms with Crippen LogP contribution in [0.15, 0.2) is 60.8 Å². The van der Waals surface area contributed by atoms with Crippen LogP contribution in [0.5, 0.6) is 11.5 Å². The molecule has 0 bridgehead atoms. The molecule has 0 amide bonds. The second-order valence-corrected chi connectivity index (χ2v) is 10.9. The number of anilines is 2. The summed E-state index contributed by atoms with van der Waals surface area (Å²) in [6.45, 7) is 2.17. The first-order valence-electron chi connectivity index (χ1n) is 13.9. The number of nitrogens with zero attached hydrogens (tertiary/aromatic N) is 3. The molecule has 0 aliphatic rings. The third-order valence-corrected chi connectivity index (χ3v) is 7.46. The number of rotatable bonds is 14. The molecule has 1 aromatic heterocycles. The SMILES string of the molecule is COc1cc2ncc(C#N)c(Nc3cc(Cl)c(F)cc3CN(CCCCCCl)CC(=O)c3ccccc3)c2cc1OC(C)=O. The van der Waals surface area contributed by atoms with Crippen molar-refractivity contribution in [2.24, 2.45) is 0 Å². The maximum atomic E-state index is 14.9. The molecular formula is C33H31Cl2FN4O4. The maximum absolute atomic E-state index is 14.9. The Kier molecular flexibility index (Phi) is 11.5. The first kappa shape index (κ1) is 32.7. The largest absolute Gasteiger partial charge is 0.493 e. The molecule has 0 atom stereocenters. The van der Waals surface area contributed by atoms with Crippen molar-refractivity contribution in [2.45, 2.75) is 32.7 Å². The summed E-state index contributed by atoms with van der Waals surface area (Å²) in [4.78, 5) is 31.3. The van der Waals surface area contributed by atoms with Gasteiger partial charge in [-0.3, -0.25) is 19.5 Å². The summed E-state index contributed by atoms with van der Waals surface area (Å²) < 4.78 is 25.6. The van der Waals surface area contributed by atoms with Gasteiger partial charge in [-0.05, 0) is 43.1 Å². The third kappa shape index (κ3) is 8.23. The Morgan fingerprint density at radius 1 is 1.09 bits per heavy atom. The summed E-state index contributed by atoms with van der Waals surface area (Å²) in [5.41, 5.74) is 2.55. The molecule has 11 heteroatoms. The second kappa shape index (κ2) is 15.5. The number of hydrogen-bond acceptors (Lipinski definition) is 8. The second-order valence-electron chi connectivity index (χ2n) is 10.1. The van der Waals surface area contributed by atoms with Crippen molar-refractivity contribution < 1.29 is 23.5 Å². The van der Waals surface area contributed by atoms with Gasteiger partial charge in [0.2, 0.25) is 0 Å². The van der Waals surface area contributed by atoms with Crippen LogP contribution in [-0.4, -0.2) is 47.7 Å². The number of Topliss-reactive ketones (excluding diaryl/α,β-unsaturated/α-hetero) is 1. The Balaban J connectivity index is 1.75. The number of esters is 1. The van der Waals surface area contributed by atoms with E-state index in [0.29, 0.717) is 45.8 Å². The lowest BCUT2D eigenvalue weighted by Gasteiger charge is -2.24. The van der Waals surface area contributed by atoms with Crippen molar-refractivity contribution in [2.75, 3.05) is 31.4 Å². The van der Waals surface area contributed by atoms with Crippen molar-refractivity contribution in [3.63, 3.8) is 0 Å². The number of alkyl halides is 1. The van der Waals surface area contributed by atoms with Crippen LogP contribution in [0.4, 0.5) is 15.8 Å². The molecule has 0 saturated carbocycles. The van der Waals surface area contributed by atoms with Crippen LogP contribution < -0.4 is 14.8 Å². The summed E-state index contributed by atoms with van der Waals surface area (Å²) in [5.74, 6) is -0.255. The van der Waals surface area contributed by atoms with E-state index in [-0.39, 0.29) is 41.0 Å². The van der Waals surface area contributed by atoms with E-state index in [1.54, 1.807) is 24.3 Å². The van der Waals surface area contributed by atoms with Gasteiger partial charge in [0.25, 0.3) is 0 Å². The van der Waals surface area contributed by atoms with Crippen molar-refractivity contribution >= 4 is 57.2 Å². The van der Waals surface area contributed by atoms with Gasteiger partial charge in [0, 0.05) is 48.2 Å². The number of ketones is 1. The van der Waals surface area contributed by atoms with Gasteiger partial charge in [-0.2, -0.15) is 5.26 Å². The Morgan fingerprint density at radius 2 is 1.86 bits per heavy atom. The molecule has 0 aliphatic heterocycles. The summed E-state index contributed by atoms with van der Waals surface area (Å²) >= 11 is 12.1. The van der Waals surface area contributed by atoms with E-state index in [1.807, 2.05) is 23.1 Å². The molecule has 8 nitrogen and oxygen atoms in total. The average Bonchev–Trinajstić information content (AvgIpc) is 3.01. The Bertz CT molecular complexity index is 1700. The molecule has 4 rings (SSSR count). The predicted octanol–water partition coefficient (Wildman–Crippen LogP) is 7.67. The minimum Gasteiger partial charge on any atom is -0.493 e. The number of ether oxygens (including phenoxy) is 2. The number of carbonyl (C=O) groups excluding carboxylic acids is 2. The highest BCUT2D eigenvalue weighted by atomic mass is 35.5. The van der Waals surface area contributed by atoms with E-state index in [4.69, 9.17) is 32.7 Å². The number of halogens is 3. The van der Waals surface area contributed by atoms with Gasteiger partial charge in [-0.1, -0.05) is 48.4 Å². The normalized spacial score (nSPS) is 10.9. The summed E-state index contributed by atoms with van der Waals surface area (Å²) in [6, 6.07) is 17.0. The molecule has 228 valence electrons. The van der Waals surface area contributed by atoms with Crippen LogP contribution in [0.3, 0.4) is 0 Å². The van der Waals surface area contributed by atoms with Gasteiger partial charge >= 0.3 is 5.97 Å². The van der Waals surface area contributed by atoms with Crippen LogP contribution >= 0.6 is 23.2 Å². The van der Waals surface area contributed by atoms with Gasteiger partial charge in [0.15, 0.2) is 17.3 Å². The molecule has 44 heavy (non-hydrogen) atoms. The van der Waals surface area contributed by atoms with Crippen molar-refractivity contribution in [1.29, 1.82) is 5.26 Å². The maximum Gasteiger partial charge on any atom is 0.308 e. The number of methoxy groups -OCH3 is 1. The summed E-state index contributed by atoms with van der Waals surface area (Å²) in [5, 5.41) is 13.6. The molecule has 0 fully saturated rings. The monoisotopic (exact) mass is 636 g/mol. The van der Waals surface area contributed by atoms with E-state index in [9.17, 15) is 19.2 Å². The van der Waals surface area contributed by atoms with Crippen LogP contribution in [-0.2, 0) is 11.3 Å². The lowest BCUT2D eigenvalue weighted by Crippen LogP contribution is -2.31. The zero-order valence-corrected chi connectivity index (χ0v) is 25.8. The smallest absolute Gasteiger partial charge is 0.308 e. The highest BCUT2D eigenvalue weighted by molar-refractivity contribution is 6.31. The quantitative estimate of drug-likeness (QED) is 0.0494. The molecule has 1 heterocycles. The van der Waals surface area contributed by atoms with Gasteiger partial charge in [-0.15, -0.1) is 11.6 Å². The van der Waals surface area contributed by atoms with Crippen molar-refractivity contribution in [3.8, 4) is 17.6 Å². The molecule has 1 N–H and O–H groups in total. The number of aromatic nitrogens is 1. The van der Waals surface area contributed by atoms with E-state index in [1.165, 1.54) is 32.4 Å². The number of hydrogen-bond donors (Lipinski definition) is 1. The first-order chi connectivity index (χ1) is 21.2. The fraction of sp³-hybridized carbons (Fsp3) is 0.273. The highest BCUT2D eigenvalue weighted by Gasteiger charge is 2.20. The van der Waals surface area contributed by atoms with Crippen LogP contribution in [0, 0.1) is 17.1 Å². The fourth-order valence-corrected chi connectivity index (χ4v) is 5.12. The Morgan fingerprint density at radius 3 is 2.55 bits per heavy atom. The van der Waals surface area contributed by atoms with Gasteiger partial charge in [0.05, 0.1) is 35.4 Å². The lowest BCUT2D eigenvalue weighted by atomic mass is 10.1. The van der Waals surface area contributed by atoms with Crippen LogP contribution in [0.25, 0.3) is 10.9 Å². The lowest BCUT2D eigenvalue weighted by molar-refractivity contribution is -0.132. The number of unbranched alkanes of at least 4 members (excludes halogenated alkanes) is 2. The summed E-state index contributed by atoms with van der Waals surface area (Å²) in [7, 11) is 1.44. The van der Waals surface area contributed by atoms with Crippen molar-refractivity contribution in [3.05, 3.63) is 88.3 Å². The zero-order chi connectivity index (χ0) is 31.6. The zero-order valence-electron chi connectivity index (χ0n) is 24.3. The first-order valence-corrected chi connectivity index (χ1v) is 14.9. The Hall–Kier alpha value is -4.23. The number of pyridine rings is 1. The minimum atomic E-state index is -0.620. The molecule has 3 aromatic carbocycles.